The van der Waals surface area contributed by atoms with Gasteiger partial charge in [-0.3, -0.25) is 14.2 Å². The van der Waals surface area contributed by atoms with Crippen LogP contribution in [0.15, 0.2) is 18.5 Å². The van der Waals surface area contributed by atoms with Gasteiger partial charge in [-0.1, -0.05) is 0 Å². The van der Waals surface area contributed by atoms with Gasteiger partial charge in [0.05, 0.1) is 43.8 Å². The molecule has 1 saturated heterocycles. The molecule has 8 nitrogen and oxygen atoms in total. The van der Waals surface area contributed by atoms with Crippen LogP contribution < -0.4 is 10.1 Å². The number of rotatable bonds is 6. The highest BCUT2D eigenvalue weighted by molar-refractivity contribution is 5.78. The van der Waals surface area contributed by atoms with Gasteiger partial charge in [0.15, 0.2) is 5.75 Å². The Balaban J connectivity index is 1.57. The first-order chi connectivity index (χ1) is 11.5. The third-order valence-electron chi connectivity index (χ3n) is 4.04. The molecular weight excluding hydrogens is 310 g/mol. The van der Waals surface area contributed by atoms with E-state index in [9.17, 15) is 4.79 Å². The van der Waals surface area contributed by atoms with Gasteiger partial charge in [-0.25, -0.2) is 0 Å². The number of hydrogen-bond donors (Lipinski definition) is 1. The van der Waals surface area contributed by atoms with Gasteiger partial charge in [0.25, 0.3) is 0 Å². The van der Waals surface area contributed by atoms with Crippen LogP contribution in [0, 0.1) is 6.92 Å². The van der Waals surface area contributed by atoms with Gasteiger partial charge in [-0.15, -0.1) is 0 Å². The second-order valence-corrected chi connectivity index (χ2v) is 5.98. The zero-order valence-corrected chi connectivity index (χ0v) is 14.2. The van der Waals surface area contributed by atoms with Crippen molar-refractivity contribution in [2.75, 3.05) is 13.2 Å². The van der Waals surface area contributed by atoms with Crippen molar-refractivity contribution in [2.24, 2.45) is 7.05 Å². The molecule has 1 N–H and O–H groups in total. The van der Waals surface area contributed by atoms with Crippen molar-refractivity contribution >= 4 is 5.91 Å². The summed E-state index contributed by atoms with van der Waals surface area (Å²) >= 11 is 0. The summed E-state index contributed by atoms with van der Waals surface area (Å²) in [6.45, 7) is 5.61. The molecule has 0 spiro atoms. The van der Waals surface area contributed by atoms with Crippen molar-refractivity contribution in [2.45, 2.75) is 39.0 Å². The Morgan fingerprint density at radius 2 is 2.33 bits per heavy atom. The van der Waals surface area contributed by atoms with Gasteiger partial charge in [0.1, 0.15) is 6.10 Å². The second-order valence-electron chi connectivity index (χ2n) is 5.98. The lowest BCUT2D eigenvalue weighted by molar-refractivity contribution is -0.121. The monoisotopic (exact) mass is 333 g/mol. The highest BCUT2D eigenvalue weighted by Gasteiger charge is 2.31. The first kappa shape index (κ1) is 16.5. The van der Waals surface area contributed by atoms with Crippen LogP contribution in [0.1, 0.15) is 18.3 Å². The molecule has 3 rings (SSSR count). The van der Waals surface area contributed by atoms with Gasteiger partial charge in [0, 0.05) is 19.3 Å². The minimum Gasteiger partial charge on any atom is -0.482 e. The Bertz CT molecular complexity index is 708. The minimum absolute atomic E-state index is 0.0636. The number of nitrogens with zero attached hydrogens (tertiary/aromatic N) is 4. The molecule has 1 aliphatic heterocycles. The predicted molar refractivity (Wildman–Crippen MR) is 86.7 cm³/mol. The molecule has 24 heavy (non-hydrogen) atoms. The third-order valence-corrected chi connectivity index (χ3v) is 4.04. The Hall–Kier alpha value is -2.35. The number of aromatic nitrogens is 4. The summed E-state index contributed by atoms with van der Waals surface area (Å²) in [4.78, 5) is 12.3. The first-order valence-corrected chi connectivity index (χ1v) is 8.11. The highest BCUT2D eigenvalue weighted by atomic mass is 16.5. The third kappa shape index (κ3) is 3.76. The van der Waals surface area contributed by atoms with E-state index in [1.165, 1.54) is 0 Å². The summed E-state index contributed by atoms with van der Waals surface area (Å²) in [5.74, 6) is 0.625. The fourth-order valence-corrected chi connectivity index (χ4v) is 2.79. The molecule has 1 fully saturated rings. The first-order valence-electron chi connectivity index (χ1n) is 8.11. The molecule has 1 amide bonds. The standard InChI is InChI=1S/C16H23N5O3/c1-4-21-8-13(7-17-21)24-15-10-23-9-14(15)18-16(22)6-12-5-11(2)19-20(12)3/h5,7-8,14-15H,4,6,9-10H2,1-3H3,(H,18,22)/t14-,15+/m0/s1. The summed E-state index contributed by atoms with van der Waals surface area (Å²) in [6, 6.07) is 1.74. The molecule has 3 heterocycles. The van der Waals surface area contributed by atoms with Crippen LogP contribution in [-0.2, 0) is 29.5 Å². The van der Waals surface area contributed by atoms with Crippen molar-refractivity contribution in [3.8, 4) is 5.75 Å². The number of aryl methyl sites for hydroxylation is 3. The zero-order valence-electron chi connectivity index (χ0n) is 14.2. The van der Waals surface area contributed by atoms with Crippen molar-refractivity contribution in [3.05, 3.63) is 29.8 Å². The number of nitrogens with one attached hydrogen (secondary N) is 1. The van der Waals surface area contributed by atoms with E-state index in [2.05, 4.69) is 15.5 Å². The molecular formula is C16H23N5O3. The number of carbonyl (C=O) groups excluding carboxylic acids is 1. The maximum absolute atomic E-state index is 12.3. The molecule has 0 unspecified atom stereocenters. The average Bonchev–Trinajstić information content (AvgIpc) is 3.23. The maximum Gasteiger partial charge on any atom is 0.226 e. The summed E-state index contributed by atoms with van der Waals surface area (Å²) in [5.41, 5.74) is 1.78. The van der Waals surface area contributed by atoms with E-state index in [4.69, 9.17) is 9.47 Å². The smallest absolute Gasteiger partial charge is 0.226 e. The van der Waals surface area contributed by atoms with Crippen molar-refractivity contribution in [3.63, 3.8) is 0 Å². The number of ether oxygens (including phenoxy) is 2. The normalized spacial score (nSPS) is 20.3. The Morgan fingerprint density at radius 1 is 1.50 bits per heavy atom. The van der Waals surface area contributed by atoms with E-state index in [1.807, 2.05) is 33.2 Å². The summed E-state index contributed by atoms with van der Waals surface area (Å²) in [5, 5.41) is 11.4. The highest BCUT2D eigenvalue weighted by Crippen LogP contribution is 2.17. The van der Waals surface area contributed by atoms with E-state index < -0.39 is 0 Å². The van der Waals surface area contributed by atoms with Crippen molar-refractivity contribution in [1.82, 2.24) is 24.9 Å². The molecule has 2 aromatic rings. The lowest BCUT2D eigenvalue weighted by atomic mass is 10.2. The lowest BCUT2D eigenvalue weighted by Gasteiger charge is -2.19. The molecule has 130 valence electrons. The maximum atomic E-state index is 12.3. The Labute approximate surface area is 140 Å². The van der Waals surface area contributed by atoms with E-state index in [0.29, 0.717) is 19.0 Å². The van der Waals surface area contributed by atoms with E-state index in [-0.39, 0.29) is 24.5 Å². The molecule has 8 heteroatoms. The summed E-state index contributed by atoms with van der Waals surface area (Å²) in [6.07, 6.45) is 3.60. The van der Waals surface area contributed by atoms with Gasteiger partial charge in [-0.2, -0.15) is 10.2 Å². The SMILES string of the molecule is CCn1cc(O[C@@H]2COC[C@@H]2NC(=O)Cc2cc(C)nn2C)cn1. The van der Waals surface area contributed by atoms with Crippen LogP contribution >= 0.6 is 0 Å². The summed E-state index contributed by atoms with van der Waals surface area (Å²) < 4.78 is 14.9. The average molecular weight is 333 g/mol. The number of hydrogen-bond acceptors (Lipinski definition) is 5. The van der Waals surface area contributed by atoms with Crippen LogP contribution in [0.5, 0.6) is 5.75 Å². The van der Waals surface area contributed by atoms with E-state index in [0.717, 1.165) is 17.9 Å². The molecule has 0 saturated carbocycles. The fourth-order valence-electron chi connectivity index (χ4n) is 2.79. The van der Waals surface area contributed by atoms with Gasteiger partial charge >= 0.3 is 0 Å². The van der Waals surface area contributed by atoms with Crippen LogP contribution in [0.3, 0.4) is 0 Å². The molecule has 0 bridgehead atoms. The quantitative estimate of drug-likeness (QED) is 0.830. The largest absolute Gasteiger partial charge is 0.482 e. The zero-order chi connectivity index (χ0) is 17.1. The molecule has 0 aliphatic carbocycles. The second kappa shape index (κ2) is 7.04. The van der Waals surface area contributed by atoms with Crippen LogP contribution in [0.25, 0.3) is 0 Å². The number of amides is 1. The molecule has 2 atom stereocenters. The Kier molecular flexibility index (Phi) is 4.84. The lowest BCUT2D eigenvalue weighted by Crippen LogP contribution is -2.45. The van der Waals surface area contributed by atoms with E-state index in [1.54, 1.807) is 15.6 Å². The van der Waals surface area contributed by atoms with Gasteiger partial charge in [0.2, 0.25) is 5.91 Å². The molecule has 0 aromatic carbocycles. The fraction of sp³-hybridized carbons (Fsp3) is 0.562. The summed E-state index contributed by atoms with van der Waals surface area (Å²) in [7, 11) is 1.84. The predicted octanol–water partition coefficient (Wildman–Crippen LogP) is 0.450. The molecule has 2 aromatic heterocycles. The minimum atomic E-state index is -0.211. The Morgan fingerprint density at radius 3 is 3.00 bits per heavy atom. The van der Waals surface area contributed by atoms with Crippen LogP contribution in [0.2, 0.25) is 0 Å². The van der Waals surface area contributed by atoms with Crippen molar-refractivity contribution in [1.29, 1.82) is 0 Å². The van der Waals surface area contributed by atoms with Crippen LogP contribution in [-0.4, -0.2) is 50.8 Å². The number of carbonyl (C=O) groups is 1. The van der Waals surface area contributed by atoms with E-state index >= 15 is 0 Å². The van der Waals surface area contributed by atoms with Gasteiger partial charge in [-0.05, 0) is 19.9 Å². The van der Waals surface area contributed by atoms with Crippen molar-refractivity contribution < 1.29 is 14.3 Å². The van der Waals surface area contributed by atoms with Crippen LogP contribution in [0.4, 0.5) is 0 Å². The topological polar surface area (TPSA) is 83.2 Å². The molecule has 0 radical (unpaired) electrons. The molecule has 1 aliphatic rings. The van der Waals surface area contributed by atoms with Gasteiger partial charge < -0.3 is 14.8 Å².